The lowest BCUT2D eigenvalue weighted by atomic mass is 10.2. The molecule has 0 heterocycles. The van der Waals surface area contributed by atoms with E-state index in [4.69, 9.17) is 14.2 Å². The van der Waals surface area contributed by atoms with Crippen LogP contribution in [0.15, 0.2) is 41.3 Å². The first kappa shape index (κ1) is 16.8. The van der Waals surface area contributed by atoms with Crippen LogP contribution in [0, 0.1) is 24.1 Å². The van der Waals surface area contributed by atoms with Gasteiger partial charge in [-0.25, -0.2) is 4.39 Å². The van der Waals surface area contributed by atoms with Crippen molar-refractivity contribution in [1.82, 2.24) is 0 Å². The Morgan fingerprint density at radius 3 is 2.52 bits per heavy atom. The molecule has 5 nitrogen and oxygen atoms in total. The summed E-state index contributed by atoms with van der Waals surface area (Å²) in [6.07, 6.45) is 0. The van der Waals surface area contributed by atoms with Crippen LogP contribution in [0.25, 0.3) is 0 Å². The molecule has 0 unspecified atom stereocenters. The summed E-state index contributed by atoms with van der Waals surface area (Å²) in [5.74, 6) is -0.417. The van der Waals surface area contributed by atoms with Crippen molar-refractivity contribution < 1.29 is 21.7 Å². The number of aryl methyl sites for hydroxylation is 1. The Kier molecular flexibility index (Phi) is 4.86. The third-order valence-corrected chi connectivity index (χ3v) is 4.37. The maximum absolute atomic E-state index is 13.1. The maximum Gasteiger partial charge on any atom is 0.339 e. The smallest absolute Gasteiger partial charge is 0.339 e. The predicted octanol–water partition coefficient (Wildman–Crippen LogP) is 3.17. The summed E-state index contributed by atoms with van der Waals surface area (Å²) in [6, 6.07) is 9.40. The first-order valence-electron chi connectivity index (χ1n) is 6.75. The number of nitriles is 1. The van der Waals surface area contributed by atoms with E-state index in [1.54, 1.807) is 6.92 Å². The van der Waals surface area contributed by atoms with Gasteiger partial charge in [0, 0.05) is 6.07 Å². The highest BCUT2D eigenvalue weighted by Gasteiger charge is 2.22. The maximum atomic E-state index is 13.1. The third-order valence-electron chi connectivity index (χ3n) is 2.98. The van der Waals surface area contributed by atoms with Crippen molar-refractivity contribution in [3.8, 4) is 17.6 Å². The second-order valence-electron chi connectivity index (χ2n) is 4.65. The second kappa shape index (κ2) is 6.67. The minimum atomic E-state index is -4.15. The van der Waals surface area contributed by atoms with E-state index in [-0.39, 0.29) is 28.6 Å². The lowest BCUT2D eigenvalue weighted by molar-refractivity contribution is 0.327. The van der Waals surface area contributed by atoms with Gasteiger partial charge in [-0.2, -0.15) is 13.7 Å². The number of ether oxygens (including phenoxy) is 1. The van der Waals surface area contributed by atoms with Crippen molar-refractivity contribution in [3.05, 3.63) is 53.3 Å². The van der Waals surface area contributed by atoms with Gasteiger partial charge in [-0.3, -0.25) is 0 Å². The molecule has 0 bridgehead atoms. The largest absolute Gasteiger partial charge is 0.490 e. The van der Waals surface area contributed by atoms with E-state index < -0.39 is 15.9 Å². The van der Waals surface area contributed by atoms with Crippen LogP contribution in [0.5, 0.6) is 11.5 Å². The molecule has 0 atom stereocenters. The molecule has 0 fully saturated rings. The Hall–Kier alpha value is -2.59. The van der Waals surface area contributed by atoms with Gasteiger partial charge in [0.15, 0.2) is 11.5 Å². The quantitative estimate of drug-likeness (QED) is 0.784. The fourth-order valence-corrected chi connectivity index (χ4v) is 3.12. The first-order chi connectivity index (χ1) is 10.9. The van der Waals surface area contributed by atoms with Gasteiger partial charge in [0.05, 0.1) is 18.2 Å². The van der Waals surface area contributed by atoms with Crippen LogP contribution in [0.1, 0.15) is 18.1 Å². The van der Waals surface area contributed by atoms with Crippen LogP contribution in [0.3, 0.4) is 0 Å². The summed E-state index contributed by atoms with van der Waals surface area (Å²) < 4.78 is 48.3. The van der Waals surface area contributed by atoms with E-state index in [0.29, 0.717) is 5.56 Å². The van der Waals surface area contributed by atoms with Crippen LogP contribution in [-0.2, 0) is 10.1 Å². The highest BCUT2D eigenvalue weighted by molar-refractivity contribution is 7.87. The van der Waals surface area contributed by atoms with Crippen LogP contribution in [0.2, 0.25) is 0 Å². The zero-order valence-corrected chi connectivity index (χ0v) is 13.4. The van der Waals surface area contributed by atoms with Gasteiger partial charge in [0.2, 0.25) is 0 Å². The van der Waals surface area contributed by atoms with E-state index in [9.17, 15) is 12.8 Å². The summed E-state index contributed by atoms with van der Waals surface area (Å²) in [5.41, 5.74) is 0.549. The molecule has 0 aliphatic carbocycles. The number of hydrogen-bond acceptors (Lipinski definition) is 5. The van der Waals surface area contributed by atoms with Crippen LogP contribution < -0.4 is 8.92 Å². The predicted molar refractivity (Wildman–Crippen MR) is 81.3 cm³/mol. The first-order valence-corrected chi connectivity index (χ1v) is 8.16. The van der Waals surface area contributed by atoms with Gasteiger partial charge in [-0.15, -0.1) is 0 Å². The van der Waals surface area contributed by atoms with E-state index >= 15 is 0 Å². The molecule has 0 N–H and O–H groups in total. The summed E-state index contributed by atoms with van der Waals surface area (Å²) in [7, 11) is -4.15. The van der Waals surface area contributed by atoms with Crippen molar-refractivity contribution >= 4 is 10.1 Å². The third kappa shape index (κ3) is 3.79. The summed E-state index contributed by atoms with van der Waals surface area (Å²) in [6.45, 7) is 3.48. The Bertz CT molecular complexity index is 872. The van der Waals surface area contributed by atoms with Gasteiger partial charge < -0.3 is 8.92 Å². The summed E-state index contributed by atoms with van der Waals surface area (Å²) in [5, 5.41) is 8.89. The van der Waals surface area contributed by atoms with Crippen molar-refractivity contribution in [2.45, 2.75) is 18.7 Å². The van der Waals surface area contributed by atoms with E-state index in [2.05, 4.69) is 0 Å². The number of benzene rings is 2. The zero-order chi connectivity index (χ0) is 17.0. The minimum absolute atomic E-state index is 0.0328. The standard InChI is InChI=1S/C16H14FNO4S/c1-3-21-15-9-12(10-18)4-6-14(15)22-23(19,20)16-7-5-13(17)8-11(16)2/h4-9H,3H2,1-2H3. The van der Waals surface area contributed by atoms with E-state index in [1.807, 2.05) is 6.07 Å². The van der Waals surface area contributed by atoms with E-state index in [0.717, 1.165) is 18.2 Å². The fourth-order valence-electron chi connectivity index (χ4n) is 1.97. The van der Waals surface area contributed by atoms with Gasteiger partial charge in [-0.1, -0.05) is 0 Å². The molecule has 0 radical (unpaired) electrons. The number of rotatable bonds is 5. The monoisotopic (exact) mass is 335 g/mol. The SMILES string of the molecule is CCOc1cc(C#N)ccc1OS(=O)(=O)c1ccc(F)cc1C. The Balaban J connectivity index is 2.43. The van der Waals surface area contributed by atoms with Crippen molar-refractivity contribution in [3.63, 3.8) is 0 Å². The fraction of sp³-hybridized carbons (Fsp3) is 0.188. The molecule has 2 aromatic carbocycles. The van der Waals surface area contributed by atoms with Crippen molar-refractivity contribution in [2.75, 3.05) is 6.61 Å². The summed E-state index contributed by atoms with van der Waals surface area (Å²) in [4.78, 5) is -0.134. The zero-order valence-electron chi connectivity index (χ0n) is 12.5. The molecule has 2 rings (SSSR count). The lowest BCUT2D eigenvalue weighted by Gasteiger charge is -2.13. The molecule has 0 aromatic heterocycles. The lowest BCUT2D eigenvalue weighted by Crippen LogP contribution is -2.12. The Morgan fingerprint density at radius 1 is 1.17 bits per heavy atom. The molecule has 7 heteroatoms. The van der Waals surface area contributed by atoms with Gasteiger partial charge in [-0.05, 0) is 49.7 Å². The van der Waals surface area contributed by atoms with Gasteiger partial charge >= 0.3 is 10.1 Å². The molecule has 0 spiro atoms. The molecule has 0 saturated carbocycles. The molecule has 23 heavy (non-hydrogen) atoms. The number of hydrogen-bond donors (Lipinski definition) is 0. The average molecular weight is 335 g/mol. The number of halogens is 1. The summed E-state index contributed by atoms with van der Waals surface area (Å²) >= 11 is 0. The van der Waals surface area contributed by atoms with Crippen LogP contribution in [-0.4, -0.2) is 15.0 Å². The minimum Gasteiger partial charge on any atom is -0.490 e. The molecular formula is C16H14FNO4S. The highest BCUT2D eigenvalue weighted by Crippen LogP contribution is 2.31. The molecule has 0 saturated heterocycles. The second-order valence-corrected chi connectivity index (χ2v) is 6.17. The highest BCUT2D eigenvalue weighted by atomic mass is 32.2. The van der Waals surface area contributed by atoms with Crippen molar-refractivity contribution in [2.24, 2.45) is 0 Å². The number of nitrogens with zero attached hydrogens (tertiary/aromatic N) is 1. The molecular weight excluding hydrogens is 321 g/mol. The Labute approximate surface area is 134 Å². The van der Waals surface area contributed by atoms with Gasteiger partial charge in [0.1, 0.15) is 10.7 Å². The van der Waals surface area contributed by atoms with Gasteiger partial charge in [0.25, 0.3) is 0 Å². The van der Waals surface area contributed by atoms with Crippen LogP contribution >= 0.6 is 0 Å². The molecule has 0 amide bonds. The van der Waals surface area contributed by atoms with E-state index in [1.165, 1.54) is 25.1 Å². The molecule has 0 aliphatic heterocycles. The topological polar surface area (TPSA) is 76.4 Å². The molecule has 0 aliphatic rings. The Morgan fingerprint density at radius 2 is 1.91 bits per heavy atom. The van der Waals surface area contributed by atoms with Crippen molar-refractivity contribution in [1.29, 1.82) is 5.26 Å². The normalized spacial score (nSPS) is 10.9. The van der Waals surface area contributed by atoms with Crippen LogP contribution in [0.4, 0.5) is 4.39 Å². The molecule has 2 aromatic rings. The molecule has 120 valence electrons. The average Bonchev–Trinajstić information content (AvgIpc) is 2.48.